The minimum absolute atomic E-state index is 0.0876. The maximum atomic E-state index is 11.1. The van der Waals surface area contributed by atoms with E-state index in [-0.39, 0.29) is 6.67 Å². The van der Waals surface area contributed by atoms with Crippen LogP contribution in [0.5, 0.6) is 0 Å². The quantitative estimate of drug-likeness (QED) is 0.352. The van der Waals surface area contributed by atoms with E-state index in [1.165, 1.54) is 11.2 Å². The molecule has 0 aliphatic carbocycles. The van der Waals surface area contributed by atoms with Gasteiger partial charge in [-0.15, -0.1) is 0 Å². The van der Waals surface area contributed by atoms with E-state index in [4.69, 9.17) is 16.2 Å². The predicted molar refractivity (Wildman–Crippen MR) is 83.2 cm³/mol. The van der Waals surface area contributed by atoms with Crippen LogP contribution in [0.25, 0.3) is 0 Å². The molecule has 0 saturated carbocycles. The number of aliphatic hydroxyl groups is 3. The SMILES string of the molecule is CCC1(N)N=CN=C2C1=NCN2[C@@H]1O[C@H](C(O)C(N)=O)[C@@H](O)[C@H]1O. The number of aliphatic hydroxyl groups excluding tert-OH is 3. The summed E-state index contributed by atoms with van der Waals surface area (Å²) in [5.41, 5.74) is 10.7. The highest BCUT2D eigenvalue weighted by Gasteiger charge is 2.52. The predicted octanol–water partition coefficient (Wildman–Crippen LogP) is -3.50. The fraction of sp³-hybridized carbons (Fsp3) is 0.692. The number of primary amides is 1. The first kappa shape index (κ1) is 16.9. The number of carbonyl (C=O) groups is 1. The van der Waals surface area contributed by atoms with E-state index in [0.717, 1.165) is 0 Å². The maximum Gasteiger partial charge on any atom is 0.249 e. The molecule has 132 valence electrons. The lowest BCUT2D eigenvalue weighted by Gasteiger charge is -2.32. The Morgan fingerprint density at radius 1 is 1.54 bits per heavy atom. The molecule has 2 unspecified atom stereocenters. The molecule has 3 aliphatic rings. The molecule has 1 amide bonds. The number of amides is 1. The van der Waals surface area contributed by atoms with E-state index in [1.807, 2.05) is 6.92 Å². The molecule has 0 aromatic carbocycles. The molecule has 7 N–H and O–H groups in total. The van der Waals surface area contributed by atoms with Crippen molar-refractivity contribution in [2.24, 2.45) is 26.4 Å². The summed E-state index contributed by atoms with van der Waals surface area (Å²) in [4.78, 5) is 25.2. The number of hydrogen-bond acceptors (Lipinski definition) is 10. The number of nitrogens with zero attached hydrogens (tertiary/aromatic N) is 4. The molecule has 1 fully saturated rings. The monoisotopic (exact) mass is 340 g/mol. The zero-order chi connectivity index (χ0) is 17.6. The Balaban J connectivity index is 1.83. The molecule has 3 heterocycles. The van der Waals surface area contributed by atoms with Crippen LogP contribution in [0.4, 0.5) is 0 Å². The minimum Gasteiger partial charge on any atom is -0.387 e. The molecule has 0 aromatic rings. The van der Waals surface area contributed by atoms with Crippen molar-refractivity contribution >= 4 is 23.8 Å². The van der Waals surface area contributed by atoms with E-state index in [0.29, 0.717) is 18.0 Å². The number of hydrogen-bond donors (Lipinski definition) is 5. The maximum absolute atomic E-state index is 11.1. The molecule has 0 bridgehead atoms. The number of rotatable bonds is 4. The Bertz CT molecular complexity index is 636. The highest BCUT2D eigenvalue weighted by atomic mass is 16.6. The lowest BCUT2D eigenvalue weighted by molar-refractivity contribution is -0.141. The van der Waals surface area contributed by atoms with Crippen LogP contribution < -0.4 is 11.5 Å². The van der Waals surface area contributed by atoms with Gasteiger partial charge in [0.1, 0.15) is 37.0 Å². The second-order valence-corrected chi connectivity index (χ2v) is 5.91. The van der Waals surface area contributed by atoms with Crippen molar-refractivity contribution in [2.75, 3.05) is 6.67 Å². The van der Waals surface area contributed by atoms with Gasteiger partial charge < -0.3 is 36.4 Å². The third-order valence-electron chi connectivity index (χ3n) is 4.47. The zero-order valence-electron chi connectivity index (χ0n) is 13.0. The molecular formula is C13H20N6O5. The largest absolute Gasteiger partial charge is 0.387 e. The van der Waals surface area contributed by atoms with Crippen LogP contribution in [0.3, 0.4) is 0 Å². The second-order valence-electron chi connectivity index (χ2n) is 5.91. The summed E-state index contributed by atoms with van der Waals surface area (Å²) < 4.78 is 5.48. The molecule has 1 saturated heterocycles. The van der Waals surface area contributed by atoms with E-state index in [1.54, 1.807) is 0 Å². The Morgan fingerprint density at radius 3 is 2.88 bits per heavy atom. The van der Waals surface area contributed by atoms with Crippen LogP contribution in [-0.2, 0) is 9.53 Å². The number of fused-ring (bicyclic) bond motifs is 1. The van der Waals surface area contributed by atoms with E-state index < -0.39 is 42.2 Å². The van der Waals surface area contributed by atoms with Gasteiger partial charge in [-0.1, -0.05) is 6.92 Å². The molecule has 3 rings (SSSR count). The van der Waals surface area contributed by atoms with Crippen molar-refractivity contribution in [3.63, 3.8) is 0 Å². The first-order valence-electron chi connectivity index (χ1n) is 7.51. The molecule has 11 nitrogen and oxygen atoms in total. The van der Waals surface area contributed by atoms with Crippen LogP contribution in [0.1, 0.15) is 13.3 Å². The van der Waals surface area contributed by atoms with Crippen LogP contribution in [0.2, 0.25) is 0 Å². The first-order chi connectivity index (χ1) is 11.3. The normalized spacial score (nSPS) is 39.5. The van der Waals surface area contributed by atoms with Gasteiger partial charge in [0, 0.05) is 0 Å². The van der Waals surface area contributed by atoms with Crippen LogP contribution >= 0.6 is 0 Å². The van der Waals surface area contributed by atoms with E-state index >= 15 is 0 Å². The third kappa shape index (κ3) is 2.41. The van der Waals surface area contributed by atoms with Gasteiger partial charge in [0.2, 0.25) is 5.91 Å². The van der Waals surface area contributed by atoms with Crippen molar-refractivity contribution < 1.29 is 24.9 Å². The molecule has 0 spiro atoms. The van der Waals surface area contributed by atoms with Gasteiger partial charge in [0.15, 0.2) is 23.8 Å². The molecule has 11 heteroatoms. The molecule has 24 heavy (non-hydrogen) atoms. The minimum atomic E-state index is -1.75. The number of nitrogens with two attached hydrogens (primary N) is 2. The van der Waals surface area contributed by atoms with Crippen LogP contribution in [0, 0.1) is 0 Å². The smallest absolute Gasteiger partial charge is 0.249 e. The molecule has 6 atom stereocenters. The van der Waals surface area contributed by atoms with Crippen molar-refractivity contribution in [1.82, 2.24) is 4.90 Å². The lowest BCUT2D eigenvalue weighted by atomic mass is 10.00. The van der Waals surface area contributed by atoms with Gasteiger partial charge in [-0.3, -0.25) is 9.79 Å². The summed E-state index contributed by atoms with van der Waals surface area (Å²) >= 11 is 0. The van der Waals surface area contributed by atoms with Gasteiger partial charge in [0.05, 0.1) is 0 Å². The Labute approximate surface area is 137 Å². The zero-order valence-corrected chi connectivity index (χ0v) is 13.0. The lowest BCUT2D eigenvalue weighted by Crippen LogP contribution is -2.55. The standard InChI is InChI=1S/C13H20N6O5/c1-2-13(15)9-11(16-3-18-13)19(4-17-9)12-6(21)5(20)8(24-12)7(22)10(14)23/h3,5-8,12,20-22H,2,4,15H2,1H3,(H2,14,23)/t5-,6+,7?,8-,12+,13?/m0/s1. The van der Waals surface area contributed by atoms with Gasteiger partial charge in [-0.25, -0.2) is 9.98 Å². The van der Waals surface area contributed by atoms with Gasteiger partial charge in [0.25, 0.3) is 0 Å². The number of ether oxygens (including phenoxy) is 1. The average Bonchev–Trinajstić information content (AvgIpc) is 3.10. The summed E-state index contributed by atoms with van der Waals surface area (Å²) in [7, 11) is 0. The fourth-order valence-electron chi connectivity index (χ4n) is 2.96. The summed E-state index contributed by atoms with van der Waals surface area (Å²) in [5, 5.41) is 30.0. The van der Waals surface area contributed by atoms with E-state index in [9.17, 15) is 20.1 Å². The summed E-state index contributed by atoms with van der Waals surface area (Å²) in [6.07, 6.45) is -5.24. The first-order valence-corrected chi connectivity index (χ1v) is 7.51. The summed E-state index contributed by atoms with van der Waals surface area (Å²) in [6.45, 7) is 1.94. The highest BCUT2D eigenvalue weighted by molar-refractivity contribution is 6.47. The van der Waals surface area contributed by atoms with Crippen molar-refractivity contribution in [3.05, 3.63) is 0 Å². The van der Waals surface area contributed by atoms with Crippen molar-refractivity contribution in [3.8, 4) is 0 Å². The molecular weight excluding hydrogens is 320 g/mol. The highest BCUT2D eigenvalue weighted by Crippen LogP contribution is 2.30. The van der Waals surface area contributed by atoms with Crippen molar-refractivity contribution in [1.29, 1.82) is 0 Å². The average molecular weight is 340 g/mol. The Hall–Kier alpha value is -1.92. The number of amidine groups is 1. The Morgan fingerprint density at radius 2 is 2.25 bits per heavy atom. The number of carbonyl (C=O) groups excluding carboxylic acids is 1. The van der Waals surface area contributed by atoms with Gasteiger partial charge in [-0.05, 0) is 6.42 Å². The summed E-state index contributed by atoms with van der Waals surface area (Å²) in [6, 6.07) is 0. The molecule has 3 aliphatic heterocycles. The van der Waals surface area contributed by atoms with Crippen LogP contribution in [0.15, 0.2) is 15.0 Å². The van der Waals surface area contributed by atoms with Crippen LogP contribution in [-0.4, -0.2) is 87.0 Å². The third-order valence-corrected chi connectivity index (χ3v) is 4.47. The summed E-state index contributed by atoms with van der Waals surface area (Å²) in [5.74, 6) is -0.681. The Kier molecular flexibility index (Phi) is 4.13. The second kappa shape index (κ2) is 5.86. The molecule has 0 radical (unpaired) electrons. The topological polar surface area (TPSA) is 179 Å². The fourth-order valence-corrected chi connectivity index (χ4v) is 2.96. The van der Waals surface area contributed by atoms with E-state index in [2.05, 4.69) is 15.0 Å². The van der Waals surface area contributed by atoms with Gasteiger partial charge >= 0.3 is 0 Å². The molecule has 0 aromatic heterocycles. The van der Waals surface area contributed by atoms with Gasteiger partial charge in [-0.2, -0.15) is 0 Å². The van der Waals surface area contributed by atoms with Crippen molar-refractivity contribution in [2.45, 2.75) is 49.7 Å². The number of aliphatic imine (C=N–C) groups is 3.